The maximum atomic E-state index is 11.5. The maximum absolute atomic E-state index is 11.5. The molecule has 1 rings (SSSR count). The quantitative estimate of drug-likeness (QED) is 0.877. The lowest BCUT2D eigenvalue weighted by molar-refractivity contribution is 0.541. The van der Waals surface area contributed by atoms with Crippen molar-refractivity contribution < 1.29 is 8.42 Å². The van der Waals surface area contributed by atoms with Gasteiger partial charge in [0.1, 0.15) is 0 Å². The van der Waals surface area contributed by atoms with Gasteiger partial charge in [-0.1, -0.05) is 0 Å². The van der Waals surface area contributed by atoms with Gasteiger partial charge in [0.25, 0.3) is 0 Å². The van der Waals surface area contributed by atoms with E-state index in [-0.39, 0.29) is 0 Å². The highest BCUT2D eigenvalue weighted by Gasteiger charge is 2.25. The van der Waals surface area contributed by atoms with Gasteiger partial charge in [-0.25, -0.2) is 8.42 Å². The smallest absolute Gasteiger partial charge is 0.151 e. The monoisotopic (exact) mass is 337 g/mol. The molecule has 0 spiro atoms. The minimum absolute atomic E-state index is 0.433. The zero-order valence-corrected chi connectivity index (χ0v) is 13.5. The van der Waals surface area contributed by atoms with Crippen LogP contribution in [-0.2, 0) is 22.8 Å². The molecule has 0 saturated heterocycles. The third kappa shape index (κ3) is 3.33. The van der Waals surface area contributed by atoms with Gasteiger partial charge >= 0.3 is 0 Å². The summed E-state index contributed by atoms with van der Waals surface area (Å²) >= 11 is 3.48. The van der Waals surface area contributed by atoms with Crippen molar-refractivity contribution in [3.8, 4) is 0 Å². The van der Waals surface area contributed by atoms with E-state index in [9.17, 15) is 8.42 Å². The van der Waals surface area contributed by atoms with Crippen LogP contribution >= 0.6 is 15.9 Å². The van der Waals surface area contributed by atoms with E-state index in [1.54, 1.807) is 6.92 Å². The van der Waals surface area contributed by atoms with Gasteiger partial charge in [0, 0.05) is 25.3 Å². The van der Waals surface area contributed by atoms with E-state index < -0.39 is 21.1 Å². The van der Waals surface area contributed by atoms with Gasteiger partial charge in [-0.05, 0) is 36.7 Å². The molecular formula is C11H20BrN3O2S. The van der Waals surface area contributed by atoms with Gasteiger partial charge in [0.05, 0.1) is 21.1 Å². The Hall–Kier alpha value is -0.400. The Labute approximate surface area is 117 Å². The summed E-state index contributed by atoms with van der Waals surface area (Å²) in [5.74, 6) is 0. The van der Waals surface area contributed by atoms with E-state index in [4.69, 9.17) is 5.73 Å². The van der Waals surface area contributed by atoms with Crippen LogP contribution < -0.4 is 5.73 Å². The Kier molecular flexibility index (Phi) is 4.97. The van der Waals surface area contributed by atoms with E-state index in [2.05, 4.69) is 21.0 Å². The highest BCUT2D eigenvalue weighted by atomic mass is 79.9. The van der Waals surface area contributed by atoms with Gasteiger partial charge in [-0.15, -0.1) is 0 Å². The standard InChI is InChI=1S/C11H20BrN3O2S/c1-5-15-10(11(12)7(2)14-15)6-9(13)8(3)18(4,16)17/h8-9H,5-6,13H2,1-4H3. The van der Waals surface area contributed by atoms with Crippen molar-refractivity contribution in [2.45, 2.75) is 45.0 Å². The lowest BCUT2D eigenvalue weighted by Gasteiger charge is -2.18. The number of hydrogen-bond donors (Lipinski definition) is 1. The first kappa shape index (κ1) is 15.7. The fourth-order valence-corrected chi connectivity index (χ4v) is 2.95. The molecule has 1 aromatic rings. The molecule has 2 unspecified atom stereocenters. The molecule has 104 valence electrons. The van der Waals surface area contributed by atoms with E-state index in [0.717, 1.165) is 22.4 Å². The summed E-state index contributed by atoms with van der Waals surface area (Å²) in [4.78, 5) is 0. The fourth-order valence-electron chi connectivity index (χ4n) is 1.77. The summed E-state index contributed by atoms with van der Waals surface area (Å²) in [6.45, 7) is 6.29. The van der Waals surface area contributed by atoms with Crippen LogP contribution in [-0.4, -0.2) is 35.7 Å². The first-order valence-corrected chi connectivity index (χ1v) is 8.59. The van der Waals surface area contributed by atoms with Crippen LogP contribution in [0.1, 0.15) is 25.2 Å². The number of halogens is 1. The summed E-state index contributed by atoms with van der Waals surface area (Å²) in [7, 11) is -3.12. The second kappa shape index (κ2) is 5.71. The number of nitrogens with two attached hydrogens (primary N) is 1. The number of sulfone groups is 1. The normalized spacial score (nSPS) is 15.7. The van der Waals surface area contributed by atoms with Crippen molar-refractivity contribution in [3.63, 3.8) is 0 Å². The number of nitrogens with zero attached hydrogens (tertiary/aromatic N) is 2. The van der Waals surface area contributed by atoms with Crippen molar-refractivity contribution in [3.05, 3.63) is 15.9 Å². The molecule has 0 radical (unpaired) electrons. The minimum atomic E-state index is -3.12. The van der Waals surface area contributed by atoms with Gasteiger partial charge in [-0.3, -0.25) is 4.68 Å². The second-order valence-corrected chi connectivity index (χ2v) is 7.76. The molecule has 0 amide bonds. The molecule has 1 aromatic heterocycles. The van der Waals surface area contributed by atoms with Crippen molar-refractivity contribution >= 4 is 25.8 Å². The Bertz CT molecular complexity index is 525. The zero-order chi connectivity index (χ0) is 14.1. The summed E-state index contributed by atoms with van der Waals surface area (Å²) in [5.41, 5.74) is 7.85. The average Bonchev–Trinajstić information content (AvgIpc) is 2.54. The van der Waals surface area contributed by atoms with Crippen LogP contribution in [0.5, 0.6) is 0 Å². The van der Waals surface area contributed by atoms with E-state index in [1.165, 1.54) is 6.26 Å². The Morgan fingerprint density at radius 1 is 1.50 bits per heavy atom. The van der Waals surface area contributed by atoms with E-state index in [1.807, 2.05) is 18.5 Å². The van der Waals surface area contributed by atoms with E-state index >= 15 is 0 Å². The van der Waals surface area contributed by atoms with E-state index in [0.29, 0.717) is 6.42 Å². The van der Waals surface area contributed by atoms with Crippen LogP contribution in [0.4, 0.5) is 0 Å². The number of rotatable bonds is 5. The summed E-state index contributed by atoms with van der Waals surface area (Å²) < 4.78 is 25.8. The lowest BCUT2D eigenvalue weighted by Crippen LogP contribution is -2.40. The van der Waals surface area contributed by atoms with Gasteiger partial charge in [-0.2, -0.15) is 5.10 Å². The molecule has 0 fully saturated rings. The Morgan fingerprint density at radius 3 is 2.50 bits per heavy atom. The molecule has 1 heterocycles. The Balaban J connectivity index is 2.98. The second-order valence-electron chi connectivity index (χ2n) is 4.56. The van der Waals surface area contributed by atoms with Gasteiger partial charge in [0.2, 0.25) is 0 Å². The fraction of sp³-hybridized carbons (Fsp3) is 0.727. The minimum Gasteiger partial charge on any atom is -0.326 e. The highest BCUT2D eigenvalue weighted by molar-refractivity contribution is 9.10. The van der Waals surface area contributed by atoms with Crippen LogP contribution in [0.25, 0.3) is 0 Å². The first-order valence-electron chi connectivity index (χ1n) is 5.84. The number of aryl methyl sites for hydroxylation is 2. The van der Waals surface area contributed by atoms with Crippen molar-refractivity contribution in [2.24, 2.45) is 5.73 Å². The number of aromatic nitrogens is 2. The predicted molar refractivity (Wildman–Crippen MR) is 76.3 cm³/mol. The molecule has 0 aliphatic heterocycles. The molecule has 2 N–H and O–H groups in total. The molecule has 0 aliphatic rings. The zero-order valence-electron chi connectivity index (χ0n) is 11.1. The summed E-state index contributed by atoms with van der Waals surface area (Å²) in [6, 6.07) is -0.433. The van der Waals surface area contributed by atoms with Crippen molar-refractivity contribution in [1.29, 1.82) is 0 Å². The predicted octanol–water partition coefficient (Wildman–Crippen LogP) is 1.28. The van der Waals surface area contributed by atoms with Crippen molar-refractivity contribution in [2.75, 3.05) is 6.26 Å². The molecule has 0 bridgehead atoms. The first-order chi connectivity index (χ1) is 8.18. The van der Waals surface area contributed by atoms with Gasteiger partial charge < -0.3 is 5.73 Å². The Morgan fingerprint density at radius 2 is 2.06 bits per heavy atom. The molecule has 18 heavy (non-hydrogen) atoms. The lowest BCUT2D eigenvalue weighted by atomic mass is 10.1. The van der Waals surface area contributed by atoms with Gasteiger partial charge in [0.15, 0.2) is 9.84 Å². The molecule has 2 atom stereocenters. The van der Waals surface area contributed by atoms with Crippen LogP contribution in [0.2, 0.25) is 0 Å². The third-order valence-electron chi connectivity index (χ3n) is 3.16. The molecular weight excluding hydrogens is 318 g/mol. The van der Waals surface area contributed by atoms with Crippen molar-refractivity contribution in [1.82, 2.24) is 9.78 Å². The van der Waals surface area contributed by atoms with Crippen LogP contribution in [0, 0.1) is 6.92 Å². The molecule has 7 heteroatoms. The SMILES string of the molecule is CCn1nc(C)c(Br)c1CC(N)C(C)S(C)(=O)=O. The van der Waals surface area contributed by atoms with Crippen LogP contribution in [0.15, 0.2) is 4.47 Å². The molecule has 0 saturated carbocycles. The average molecular weight is 338 g/mol. The molecule has 0 aromatic carbocycles. The highest BCUT2D eigenvalue weighted by Crippen LogP contribution is 2.23. The third-order valence-corrected chi connectivity index (χ3v) is 5.89. The summed E-state index contributed by atoms with van der Waals surface area (Å²) in [5, 5.41) is 3.80. The topological polar surface area (TPSA) is 78.0 Å². The molecule has 0 aliphatic carbocycles. The molecule has 5 nitrogen and oxygen atoms in total. The number of hydrogen-bond acceptors (Lipinski definition) is 4. The summed E-state index contributed by atoms with van der Waals surface area (Å²) in [6.07, 6.45) is 1.71. The van der Waals surface area contributed by atoms with Crippen LogP contribution in [0.3, 0.4) is 0 Å². The largest absolute Gasteiger partial charge is 0.326 e. The maximum Gasteiger partial charge on any atom is 0.151 e.